The quantitative estimate of drug-likeness (QED) is 0.250. The summed E-state index contributed by atoms with van der Waals surface area (Å²) in [5.41, 5.74) is 6.61. The van der Waals surface area contributed by atoms with Crippen molar-refractivity contribution in [2.45, 2.75) is 42.4 Å². The molecule has 8 rings (SSSR count). The largest absolute Gasteiger partial charge is 0.424 e. The van der Waals surface area contributed by atoms with Crippen LogP contribution in [0.15, 0.2) is 124 Å². The lowest BCUT2D eigenvalue weighted by atomic mass is 9.68. The van der Waals surface area contributed by atoms with Gasteiger partial charge in [0, 0.05) is 50.1 Å². The van der Waals surface area contributed by atoms with Gasteiger partial charge in [-0.15, -0.1) is 0 Å². The molecule has 2 aliphatic carbocycles. The van der Waals surface area contributed by atoms with E-state index in [1.165, 1.54) is 0 Å². The van der Waals surface area contributed by atoms with Gasteiger partial charge >= 0.3 is 6.09 Å². The lowest BCUT2D eigenvalue weighted by Gasteiger charge is -2.39. The molecule has 0 unspecified atom stereocenters. The van der Waals surface area contributed by atoms with Crippen molar-refractivity contribution < 1.29 is 19.1 Å². The van der Waals surface area contributed by atoms with Crippen LogP contribution in [0.1, 0.15) is 54.1 Å². The third-order valence-corrected chi connectivity index (χ3v) is 9.89. The maximum absolute atomic E-state index is 13.8. The molecule has 0 radical (unpaired) electrons. The number of rotatable bonds is 2. The van der Waals surface area contributed by atoms with E-state index in [1.807, 2.05) is 84.9 Å². The van der Waals surface area contributed by atoms with E-state index in [0.717, 1.165) is 43.7 Å². The summed E-state index contributed by atoms with van der Waals surface area (Å²) < 4.78 is 5.93. The molecule has 7 heteroatoms. The first-order valence-electron chi connectivity index (χ1n) is 14.7. The number of anilines is 2. The first-order chi connectivity index (χ1) is 21.3. The number of amides is 1. The molecule has 1 N–H and O–H groups in total. The van der Waals surface area contributed by atoms with E-state index in [9.17, 15) is 14.4 Å². The Labute approximate surface area is 259 Å². The highest BCUT2D eigenvalue weighted by molar-refractivity contribution is 7.99. The van der Waals surface area contributed by atoms with Crippen LogP contribution in [-0.4, -0.2) is 17.7 Å². The predicted octanol–water partition coefficient (Wildman–Crippen LogP) is 8.43. The molecule has 0 spiro atoms. The molecule has 0 saturated carbocycles. The zero-order valence-electron chi connectivity index (χ0n) is 24.2. The molecular formula is C37H28N2O4S. The van der Waals surface area contributed by atoms with Gasteiger partial charge in [0.25, 0.3) is 0 Å². The molecule has 6 nitrogen and oxygen atoms in total. The molecule has 0 fully saturated rings. The number of carbonyl (C=O) groups excluding carboxylic acids is 3. The van der Waals surface area contributed by atoms with Crippen molar-refractivity contribution in [1.29, 1.82) is 0 Å². The second kappa shape index (κ2) is 9.82. The van der Waals surface area contributed by atoms with Crippen LogP contribution in [0.2, 0.25) is 0 Å². The van der Waals surface area contributed by atoms with E-state index >= 15 is 0 Å². The Kier molecular flexibility index (Phi) is 5.97. The summed E-state index contributed by atoms with van der Waals surface area (Å²) in [6.07, 6.45) is 0.617. The Bertz CT molecular complexity index is 1940. The summed E-state index contributed by atoms with van der Waals surface area (Å²) in [6, 6.07) is 30.4. The molecule has 0 saturated heterocycles. The number of fused-ring (bicyclic) bond motifs is 4. The topological polar surface area (TPSA) is 75.7 Å². The van der Waals surface area contributed by atoms with Crippen LogP contribution in [0, 0.1) is 5.41 Å². The van der Waals surface area contributed by atoms with Gasteiger partial charge in [-0.2, -0.15) is 0 Å². The maximum Gasteiger partial charge on any atom is 0.424 e. The van der Waals surface area contributed by atoms with Gasteiger partial charge in [0.2, 0.25) is 0 Å². The third-order valence-electron chi connectivity index (χ3n) is 8.76. The molecule has 216 valence electrons. The predicted molar refractivity (Wildman–Crippen MR) is 170 cm³/mol. The fraction of sp³-hybridized carbons (Fsp3) is 0.162. The van der Waals surface area contributed by atoms with Crippen LogP contribution in [0.25, 0.3) is 5.70 Å². The Morgan fingerprint density at radius 3 is 2.09 bits per heavy atom. The van der Waals surface area contributed by atoms with E-state index in [0.29, 0.717) is 35.3 Å². The van der Waals surface area contributed by atoms with Crippen LogP contribution in [0.3, 0.4) is 0 Å². The lowest BCUT2D eigenvalue weighted by Crippen LogP contribution is -2.37. The number of nitrogens with zero attached hydrogens (tertiary/aromatic N) is 1. The van der Waals surface area contributed by atoms with Crippen LogP contribution in [0.5, 0.6) is 5.75 Å². The number of benzene rings is 4. The Balaban J connectivity index is 1.15. The fourth-order valence-corrected chi connectivity index (χ4v) is 7.96. The molecule has 4 aromatic rings. The van der Waals surface area contributed by atoms with Crippen molar-refractivity contribution in [2.75, 3.05) is 4.90 Å². The smallest absolute Gasteiger partial charge is 0.410 e. The molecule has 0 aromatic heterocycles. The molecule has 0 bridgehead atoms. The number of allylic oxidation sites excluding steroid dienone is 3. The number of hydrogen-bond acceptors (Lipinski definition) is 6. The first kappa shape index (κ1) is 26.7. The van der Waals surface area contributed by atoms with Gasteiger partial charge in [-0.3, -0.25) is 9.59 Å². The molecule has 2 aliphatic heterocycles. The Morgan fingerprint density at radius 1 is 0.795 bits per heavy atom. The molecule has 4 aromatic carbocycles. The minimum atomic E-state index is -0.513. The number of carbonyl (C=O) groups is 3. The number of dihydropyridines is 1. The summed E-state index contributed by atoms with van der Waals surface area (Å²) in [6.45, 7) is 4.20. The fourth-order valence-electron chi connectivity index (χ4n) is 6.90. The van der Waals surface area contributed by atoms with Gasteiger partial charge in [0.15, 0.2) is 11.6 Å². The molecule has 44 heavy (non-hydrogen) atoms. The van der Waals surface area contributed by atoms with Gasteiger partial charge in [0.05, 0.1) is 17.1 Å². The number of para-hydroxylation sites is 2. The summed E-state index contributed by atoms with van der Waals surface area (Å²) in [7, 11) is 0. The monoisotopic (exact) mass is 596 g/mol. The summed E-state index contributed by atoms with van der Waals surface area (Å²) in [5.74, 6) is -0.137. The summed E-state index contributed by atoms with van der Waals surface area (Å²) in [4.78, 5) is 44.7. The van der Waals surface area contributed by atoms with Gasteiger partial charge in [-0.25, -0.2) is 9.69 Å². The van der Waals surface area contributed by atoms with Crippen molar-refractivity contribution in [2.24, 2.45) is 5.41 Å². The zero-order chi connectivity index (χ0) is 30.2. The summed E-state index contributed by atoms with van der Waals surface area (Å²) >= 11 is 1.62. The minimum absolute atomic E-state index is 0.0554. The number of ether oxygens (including phenoxy) is 1. The molecular weight excluding hydrogens is 568 g/mol. The summed E-state index contributed by atoms with van der Waals surface area (Å²) in [5, 5.41) is 3.52. The van der Waals surface area contributed by atoms with Gasteiger partial charge < -0.3 is 10.1 Å². The van der Waals surface area contributed by atoms with Crippen molar-refractivity contribution in [3.63, 3.8) is 0 Å². The van der Waals surface area contributed by atoms with E-state index in [4.69, 9.17) is 4.74 Å². The van der Waals surface area contributed by atoms with E-state index in [1.54, 1.807) is 28.8 Å². The normalized spacial score (nSPS) is 19.4. The molecule has 4 aliphatic rings. The molecule has 1 atom stereocenters. The van der Waals surface area contributed by atoms with Crippen molar-refractivity contribution >= 4 is 46.5 Å². The number of hydrogen-bond donors (Lipinski definition) is 1. The van der Waals surface area contributed by atoms with Gasteiger partial charge in [-0.05, 0) is 53.8 Å². The van der Waals surface area contributed by atoms with Crippen LogP contribution < -0.4 is 15.0 Å². The van der Waals surface area contributed by atoms with Crippen molar-refractivity contribution in [3.05, 3.63) is 131 Å². The SMILES string of the molecule is CC1(C)CC(=O)C2=C(C1)NC1=C(C(=O)c3ccccc31)[C@H]2c1ccc(OC(=O)N2c3ccccc3Sc3ccccc32)cc1. The highest BCUT2D eigenvalue weighted by atomic mass is 32.2. The molecule has 2 heterocycles. The highest BCUT2D eigenvalue weighted by Gasteiger charge is 2.46. The lowest BCUT2D eigenvalue weighted by molar-refractivity contribution is -0.118. The standard InChI is InChI=1S/C37H28N2O4S/c1-37(2)19-25-32(28(40)20-37)31(33-34(38-25)23-9-3-4-10-24(23)35(33)41)21-15-17-22(18-16-21)43-36(42)39-26-11-5-7-13-29(26)44-30-14-8-6-12-27(30)39/h3-18,31,38H,19-20H2,1-2H3/t31-/m0/s1. The van der Waals surface area contributed by atoms with Crippen LogP contribution in [0.4, 0.5) is 16.2 Å². The third kappa shape index (κ3) is 4.14. The second-order valence-electron chi connectivity index (χ2n) is 12.4. The highest BCUT2D eigenvalue weighted by Crippen LogP contribution is 2.52. The number of Topliss-reactive ketones (excluding diaryl/α,β-unsaturated/α-hetero) is 2. The molecule has 1 amide bonds. The van der Waals surface area contributed by atoms with Gasteiger partial charge in [-0.1, -0.05) is 86.3 Å². The van der Waals surface area contributed by atoms with E-state index in [2.05, 4.69) is 19.2 Å². The Morgan fingerprint density at radius 2 is 1.41 bits per heavy atom. The van der Waals surface area contributed by atoms with Crippen molar-refractivity contribution in [3.8, 4) is 5.75 Å². The van der Waals surface area contributed by atoms with Crippen LogP contribution >= 0.6 is 11.8 Å². The minimum Gasteiger partial charge on any atom is -0.410 e. The van der Waals surface area contributed by atoms with E-state index < -0.39 is 12.0 Å². The number of ketones is 2. The zero-order valence-corrected chi connectivity index (χ0v) is 25.0. The average molecular weight is 597 g/mol. The first-order valence-corrected chi connectivity index (χ1v) is 15.5. The second-order valence-corrected chi connectivity index (χ2v) is 13.4. The van der Waals surface area contributed by atoms with Crippen LogP contribution in [-0.2, 0) is 4.79 Å². The number of nitrogens with one attached hydrogen (secondary N) is 1. The maximum atomic E-state index is 13.8. The van der Waals surface area contributed by atoms with Crippen molar-refractivity contribution in [1.82, 2.24) is 5.32 Å². The Hall–Kier alpha value is -4.88. The average Bonchev–Trinajstić information content (AvgIpc) is 3.29. The van der Waals surface area contributed by atoms with Gasteiger partial charge in [0.1, 0.15) is 5.75 Å². The van der Waals surface area contributed by atoms with E-state index in [-0.39, 0.29) is 17.0 Å².